The highest BCUT2D eigenvalue weighted by Crippen LogP contribution is 2.50. The van der Waals surface area contributed by atoms with Crippen molar-refractivity contribution in [2.45, 2.75) is 72.6 Å². The lowest BCUT2D eigenvalue weighted by Gasteiger charge is -2.48. The van der Waals surface area contributed by atoms with E-state index in [2.05, 4.69) is 38.4 Å². The minimum absolute atomic E-state index is 0.774. The zero-order valence-corrected chi connectivity index (χ0v) is 16.8. The molecule has 1 N–H and O–H groups in total. The molecule has 0 bridgehead atoms. The van der Waals surface area contributed by atoms with Gasteiger partial charge in [-0.25, -0.2) is 0 Å². The molecule has 0 spiro atoms. The van der Waals surface area contributed by atoms with Crippen LogP contribution < -0.4 is 5.32 Å². The molecule has 1 heteroatoms. The van der Waals surface area contributed by atoms with Crippen LogP contribution >= 0.6 is 0 Å². The number of nitrogens with one attached hydrogen (secondary N) is 1. The Kier molecular flexibility index (Phi) is 12.5. The van der Waals surface area contributed by atoms with Crippen LogP contribution in [0.5, 0.6) is 0 Å². The fourth-order valence-electron chi connectivity index (χ4n) is 4.61. The van der Waals surface area contributed by atoms with Crippen molar-refractivity contribution in [1.29, 1.82) is 0 Å². The van der Waals surface area contributed by atoms with Gasteiger partial charge in [0.2, 0.25) is 0 Å². The number of allylic oxidation sites excluding steroid dienone is 2. The topological polar surface area (TPSA) is 12.0 Å². The van der Waals surface area contributed by atoms with E-state index in [0.717, 1.165) is 29.6 Å². The van der Waals surface area contributed by atoms with Crippen LogP contribution in [0.25, 0.3) is 0 Å². The Bertz CT molecular complexity index is 320. The number of hydrogen-bond acceptors (Lipinski definition) is 1. The van der Waals surface area contributed by atoms with Crippen molar-refractivity contribution < 1.29 is 0 Å². The molecular formula is C22H43N. The molecule has 1 nitrogen and oxygen atoms in total. The molecule has 136 valence electrons. The van der Waals surface area contributed by atoms with Gasteiger partial charge in [0.25, 0.3) is 0 Å². The van der Waals surface area contributed by atoms with E-state index in [1.165, 1.54) is 50.5 Å². The molecule has 0 aromatic rings. The maximum absolute atomic E-state index is 4.10. The molecule has 0 aromatic heterocycles. The molecule has 2 saturated carbocycles. The van der Waals surface area contributed by atoms with E-state index in [-0.39, 0.29) is 0 Å². The van der Waals surface area contributed by atoms with Crippen molar-refractivity contribution in [2.75, 3.05) is 14.1 Å². The third kappa shape index (κ3) is 7.25. The first-order valence-electron chi connectivity index (χ1n) is 9.90. The summed E-state index contributed by atoms with van der Waals surface area (Å²) in [4.78, 5) is 0. The van der Waals surface area contributed by atoms with E-state index < -0.39 is 0 Å². The van der Waals surface area contributed by atoms with E-state index in [1.54, 1.807) is 0 Å². The monoisotopic (exact) mass is 321 g/mol. The van der Waals surface area contributed by atoms with E-state index in [0.29, 0.717) is 0 Å². The fraction of sp³-hybridized carbons (Fsp3) is 0.818. The van der Waals surface area contributed by atoms with Gasteiger partial charge in [-0.2, -0.15) is 0 Å². The lowest BCUT2D eigenvalue weighted by molar-refractivity contribution is 0.0336. The molecule has 2 fully saturated rings. The second kappa shape index (κ2) is 12.8. The molecule has 5 unspecified atom stereocenters. The number of rotatable bonds is 4. The quantitative estimate of drug-likeness (QED) is 0.585. The molecule has 23 heavy (non-hydrogen) atoms. The Morgan fingerprint density at radius 3 is 2.22 bits per heavy atom. The van der Waals surface area contributed by atoms with Crippen LogP contribution in [0.4, 0.5) is 0 Å². The summed E-state index contributed by atoms with van der Waals surface area (Å²) in [6.07, 6.45) is 12.0. The van der Waals surface area contributed by atoms with Gasteiger partial charge in [-0.15, -0.1) is 13.2 Å². The summed E-state index contributed by atoms with van der Waals surface area (Å²) in [7, 11) is 3.75. The van der Waals surface area contributed by atoms with Gasteiger partial charge >= 0.3 is 0 Å². The smallest absolute Gasteiger partial charge is 0.0167 e. The predicted molar refractivity (Wildman–Crippen MR) is 107 cm³/mol. The Balaban J connectivity index is 0.000000868. The second-order valence-electron chi connectivity index (χ2n) is 7.37. The highest BCUT2D eigenvalue weighted by atomic mass is 14.7. The van der Waals surface area contributed by atoms with Gasteiger partial charge in [-0.3, -0.25) is 0 Å². The summed E-state index contributed by atoms with van der Waals surface area (Å²) in [6, 6.07) is 0. The zero-order valence-electron chi connectivity index (χ0n) is 16.8. The average Bonchev–Trinajstić information content (AvgIpc) is 2.55. The Morgan fingerprint density at radius 1 is 1.09 bits per heavy atom. The van der Waals surface area contributed by atoms with Crippen molar-refractivity contribution in [1.82, 2.24) is 5.32 Å². The van der Waals surface area contributed by atoms with Gasteiger partial charge < -0.3 is 5.32 Å². The molecular weight excluding hydrogens is 278 g/mol. The maximum Gasteiger partial charge on any atom is -0.0167 e. The summed E-state index contributed by atoms with van der Waals surface area (Å²) in [6.45, 7) is 16.8. The zero-order chi connectivity index (χ0) is 17.8. The lowest BCUT2D eigenvalue weighted by Crippen LogP contribution is -2.39. The van der Waals surface area contributed by atoms with Crippen LogP contribution in [-0.4, -0.2) is 14.1 Å². The number of fused-ring (bicyclic) bond motifs is 1. The van der Waals surface area contributed by atoms with Gasteiger partial charge in [-0.1, -0.05) is 45.3 Å². The average molecular weight is 322 g/mol. The normalized spacial score (nSPS) is 32.3. The van der Waals surface area contributed by atoms with Crippen molar-refractivity contribution in [2.24, 2.45) is 29.6 Å². The Morgan fingerprint density at radius 2 is 1.70 bits per heavy atom. The molecule has 0 radical (unpaired) electrons. The van der Waals surface area contributed by atoms with E-state index in [4.69, 9.17) is 0 Å². The molecule has 0 aromatic carbocycles. The summed E-state index contributed by atoms with van der Waals surface area (Å²) in [5.41, 5.74) is 1.35. The van der Waals surface area contributed by atoms with Crippen molar-refractivity contribution in [3.8, 4) is 0 Å². The fourth-order valence-corrected chi connectivity index (χ4v) is 4.61. The SMILES string of the molecule is C=CC1CCC2C(C)CCCC2C1CCC(=C)C.CC.CNC. The predicted octanol–water partition coefficient (Wildman–Crippen LogP) is 6.47. The Labute approximate surface area is 147 Å². The van der Waals surface area contributed by atoms with Crippen LogP contribution in [0.1, 0.15) is 72.6 Å². The number of hydrogen-bond donors (Lipinski definition) is 1. The summed E-state index contributed by atoms with van der Waals surface area (Å²) in [5, 5.41) is 2.75. The van der Waals surface area contributed by atoms with Crippen LogP contribution in [0.2, 0.25) is 0 Å². The summed E-state index contributed by atoms with van der Waals surface area (Å²) >= 11 is 0. The standard InChI is InChI=1S/C18H30.C2H7N.C2H6/c1-5-15-10-12-16-14(4)7-6-8-18(16)17(15)11-9-13(2)3;1-3-2;1-2/h5,14-18H,1-2,6-12H2,3-4H3;3H,1-2H3;1-2H3. The summed E-state index contributed by atoms with van der Waals surface area (Å²) < 4.78 is 0. The van der Waals surface area contributed by atoms with Gasteiger partial charge in [0.15, 0.2) is 0 Å². The van der Waals surface area contributed by atoms with E-state index >= 15 is 0 Å². The van der Waals surface area contributed by atoms with E-state index in [1.807, 2.05) is 27.9 Å². The summed E-state index contributed by atoms with van der Waals surface area (Å²) in [5.74, 6) is 4.60. The minimum atomic E-state index is 0.774. The molecule has 0 aliphatic heterocycles. The first kappa shape index (κ1) is 22.4. The van der Waals surface area contributed by atoms with Gasteiger partial charge in [0.05, 0.1) is 0 Å². The highest BCUT2D eigenvalue weighted by Gasteiger charge is 2.41. The van der Waals surface area contributed by atoms with Crippen molar-refractivity contribution in [3.05, 3.63) is 24.8 Å². The van der Waals surface area contributed by atoms with Crippen LogP contribution in [0, 0.1) is 29.6 Å². The third-order valence-electron chi connectivity index (χ3n) is 5.62. The largest absolute Gasteiger partial charge is 0.323 e. The molecule has 2 rings (SSSR count). The van der Waals surface area contributed by atoms with Crippen LogP contribution in [-0.2, 0) is 0 Å². The third-order valence-corrected chi connectivity index (χ3v) is 5.62. The first-order valence-corrected chi connectivity index (χ1v) is 9.90. The van der Waals surface area contributed by atoms with E-state index in [9.17, 15) is 0 Å². The van der Waals surface area contributed by atoms with Crippen LogP contribution in [0.15, 0.2) is 24.8 Å². The minimum Gasteiger partial charge on any atom is -0.323 e. The van der Waals surface area contributed by atoms with Crippen LogP contribution in [0.3, 0.4) is 0 Å². The molecule has 2 aliphatic carbocycles. The molecule has 0 amide bonds. The van der Waals surface area contributed by atoms with Gasteiger partial charge in [0.1, 0.15) is 0 Å². The molecule has 0 saturated heterocycles. The molecule has 5 atom stereocenters. The molecule has 0 heterocycles. The second-order valence-corrected chi connectivity index (χ2v) is 7.37. The molecule has 2 aliphatic rings. The van der Waals surface area contributed by atoms with Gasteiger partial charge in [-0.05, 0) is 82.7 Å². The lowest BCUT2D eigenvalue weighted by atomic mass is 9.57. The van der Waals surface area contributed by atoms with Crippen molar-refractivity contribution in [3.63, 3.8) is 0 Å². The van der Waals surface area contributed by atoms with Crippen molar-refractivity contribution >= 4 is 0 Å². The highest BCUT2D eigenvalue weighted by molar-refractivity contribution is 4.99. The maximum atomic E-state index is 4.10. The Hall–Kier alpha value is -0.560. The van der Waals surface area contributed by atoms with Gasteiger partial charge in [0, 0.05) is 0 Å². The first-order chi connectivity index (χ1) is 11.0.